The van der Waals surface area contributed by atoms with Crippen LogP contribution in [0, 0.1) is 0 Å². The first-order valence-corrected chi connectivity index (χ1v) is 13.8. The summed E-state index contributed by atoms with van der Waals surface area (Å²) >= 11 is 0.982. The molecule has 2 amide bonds. The van der Waals surface area contributed by atoms with E-state index in [4.69, 9.17) is 9.47 Å². The molecule has 0 aromatic heterocycles. The number of carbonyl (C=O) groups excluding carboxylic acids is 3. The van der Waals surface area contributed by atoms with Crippen molar-refractivity contribution in [3.8, 4) is 11.5 Å². The monoisotopic (exact) mass is 615 g/mol. The number of hydrogen-bond acceptors (Lipinski definition) is 8. The topological polar surface area (TPSA) is 107 Å². The number of anilines is 1. The van der Waals surface area contributed by atoms with Crippen LogP contribution in [0.2, 0.25) is 0 Å². The summed E-state index contributed by atoms with van der Waals surface area (Å²) in [5.74, 6) is -0.397. The minimum Gasteiger partial charge on any atom is -0.493 e. The molecule has 1 aliphatic rings. The van der Waals surface area contributed by atoms with E-state index in [-0.39, 0.29) is 23.8 Å². The molecule has 1 atom stereocenters. The summed E-state index contributed by atoms with van der Waals surface area (Å²) in [4.78, 5) is 44.0. The van der Waals surface area contributed by atoms with Gasteiger partial charge in [0.05, 0.1) is 38.1 Å². The Labute approximate surface area is 250 Å². The number of hydrogen-bond donors (Lipinski definition) is 1. The molecule has 0 unspecified atom stereocenters. The first-order valence-electron chi connectivity index (χ1n) is 13.0. The van der Waals surface area contributed by atoms with Gasteiger partial charge in [-0.3, -0.25) is 14.5 Å². The quantitative estimate of drug-likeness (QED) is 0.307. The van der Waals surface area contributed by atoms with Gasteiger partial charge in [0.25, 0.3) is 0 Å². The number of halogens is 3. The van der Waals surface area contributed by atoms with Crippen LogP contribution in [0.4, 0.5) is 24.5 Å². The van der Waals surface area contributed by atoms with Crippen molar-refractivity contribution in [3.63, 3.8) is 0 Å². The number of methoxy groups -OCH3 is 3. The molecule has 0 aliphatic carbocycles. The number of amides is 2. The molecule has 43 heavy (non-hydrogen) atoms. The normalized spacial score (nSPS) is 16.1. The molecule has 0 spiro atoms. The third kappa shape index (κ3) is 7.86. The van der Waals surface area contributed by atoms with Crippen molar-refractivity contribution in [3.05, 3.63) is 83.4 Å². The molecule has 0 bridgehead atoms. The van der Waals surface area contributed by atoms with Gasteiger partial charge in [0.2, 0.25) is 11.8 Å². The Kier molecular flexibility index (Phi) is 9.96. The number of nitrogens with one attached hydrogen (secondary N) is 1. The van der Waals surface area contributed by atoms with E-state index < -0.39 is 34.8 Å². The summed E-state index contributed by atoms with van der Waals surface area (Å²) in [7, 11) is 4.28. The molecule has 3 aromatic carbocycles. The zero-order chi connectivity index (χ0) is 31.1. The number of benzene rings is 3. The maximum absolute atomic E-state index is 13.4. The summed E-state index contributed by atoms with van der Waals surface area (Å²) in [6, 6.07) is 15.8. The smallest absolute Gasteiger partial charge is 0.416 e. The van der Waals surface area contributed by atoms with E-state index in [1.165, 1.54) is 62.6 Å². The lowest BCUT2D eigenvalue weighted by molar-refractivity contribution is -0.137. The minimum atomic E-state index is -4.58. The molecule has 4 rings (SSSR count). The van der Waals surface area contributed by atoms with Crippen LogP contribution in [-0.2, 0) is 26.9 Å². The largest absolute Gasteiger partial charge is 0.493 e. The molecule has 226 valence electrons. The highest BCUT2D eigenvalue weighted by atomic mass is 32.2. The summed E-state index contributed by atoms with van der Waals surface area (Å²) in [5, 5.41) is 1.90. The van der Waals surface area contributed by atoms with E-state index in [0.29, 0.717) is 29.2 Å². The Morgan fingerprint density at radius 2 is 1.72 bits per heavy atom. The minimum absolute atomic E-state index is 0.0132. The number of esters is 1. The lowest BCUT2D eigenvalue weighted by Gasteiger charge is -2.32. The van der Waals surface area contributed by atoms with Gasteiger partial charge >= 0.3 is 12.1 Å². The fourth-order valence-electron chi connectivity index (χ4n) is 4.23. The van der Waals surface area contributed by atoms with E-state index in [1.807, 2.05) is 6.07 Å². The highest BCUT2D eigenvalue weighted by Crippen LogP contribution is 2.34. The maximum atomic E-state index is 13.4. The van der Waals surface area contributed by atoms with Crippen LogP contribution >= 0.6 is 11.8 Å². The Morgan fingerprint density at radius 3 is 2.37 bits per heavy atom. The highest BCUT2D eigenvalue weighted by molar-refractivity contribution is 8.15. The van der Waals surface area contributed by atoms with Gasteiger partial charge in [0.1, 0.15) is 5.25 Å². The molecule has 1 fully saturated rings. The van der Waals surface area contributed by atoms with Crippen molar-refractivity contribution < 1.29 is 41.8 Å². The van der Waals surface area contributed by atoms with E-state index in [0.717, 1.165) is 29.5 Å². The average Bonchev–Trinajstić information content (AvgIpc) is 3.00. The number of amidine groups is 1. The van der Waals surface area contributed by atoms with Crippen LogP contribution in [0.3, 0.4) is 0 Å². The van der Waals surface area contributed by atoms with Gasteiger partial charge in [-0.05, 0) is 66.6 Å². The summed E-state index contributed by atoms with van der Waals surface area (Å²) in [5.41, 5.74) is 0.606. The molecule has 13 heteroatoms. The van der Waals surface area contributed by atoms with E-state index in [1.54, 1.807) is 12.1 Å². The molecular weight excluding hydrogens is 587 g/mol. The van der Waals surface area contributed by atoms with Crippen LogP contribution < -0.4 is 14.8 Å². The number of carbonyl (C=O) groups is 3. The molecule has 3 aromatic rings. The van der Waals surface area contributed by atoms with Crippen LogP contribution in [-0.4, -0.2) is 61.0 Å². The lowest BCUT2D eigenvalue weighted by atomic mass is 10.1. The van der Waals surface area contributed by atoms with Crippen LogP contribution in [0.25, 0.3) is 0 Å². The highest BCUT2D eigenvalue weighted by Gasteiger charge is 2.36. The molecule has 1 saturated heterocycles. The zero-order valence-corrected chi connectivity index (χ0v) is 24.3. The van der Waals surface area contributed by atoms with Gasteiger partial charge in [0.15, 0.2) is 16.7 Å². The molecule has 1 N–H and O–H groups in total. The third-order valence-corrected chi connectivity index (χ3v) is 7.66. The van der Waals surface area contributed by atoms with E-state index in [9.17, 15) is 27.6 Å². The van der Waals surface area contributed by atoms with Crippen LogP contribution in [0.15, 0.2) is 71.7 Å². The van der Waals surface area contributed by atoms with Gasteiger partial charge < -0.3 is 19.5 Å². The van der Waals surface area contributed by atoms with Crippen molar-refractivity contribution >= 4 is 46.1 Å². The average molecular weight is 616 g/mol. The number of thioether (sulfide) groups is 1. The standard InChI is InChI=1S/C30H28F3N3O6S/c1-40-23-12-7-18(15-24(23)41-2)13-14-36-26(37)17-25(27(38)34-21-10-8-19(9-11-21)28(39)42-3)43-29(36)35-22-6-4-5-20(16-22)30(31,32)33/h4-12,15-16,25H,13-14,17H2,1-3H3,(H,34,38)/t25-/m0/s1. The summed E-state index contributed by atoms with van der Waals surface area (Å²) in [6.07, 6.45) is -4.37. The second-order valence-electron chi connectivity index (χ2n) is 9.30. The molecule has 0 saturated carbocycles. The number of aliphatic imine (C=N–C) groups is 1. The zero-order valence-electron chi connectivity index (χ0n) is 23.4. The lowest BCUT2D eigenvalue weighted by Crippen LogP contribution is -2.46. The predicted molar refractivity (Wildman–Crippen MR) is 156 cm³/mol. The van der Waals surface area contributed by atoms with Gasteiger partial charge in [-0.15, -0.1) is 0 Å². The van der Waals surface area contributed by atoms with Crippen LogP contribution in [0.1, 0.15) is 27.9 Å². The maximum Gasteiger partial charge on any atom is 0.416 e. The number of nitrogens with zero attached hydrogens (tertiary/aromatic N) is 2. The van der Waals surface area contributed by atoms with Gasteiger partial charge in [0, 0.05) is 18.7 Å². The molecule has 9 nitrogen and oxygen atoms in total. The fraction of sp³-hybridized carbons (Fsp3) is 0.267. The SMILES string of the molecule is COC(=O)c1ccc(NC(=O)[C@@H]2CC(=O)N(CCc3ccc(OC)c(OC)c3)C(=Nc3cccc(C(F)(F)F)c3)S2)cc1. The van der Waals surface area contributed by atoms with Crippen molar-refractivity contribution in [1.82, 2.24) is 4.90 Å². The fourth-order valence-corrected chi connectivity index (χ4v) is 5.36. The predicted octanol–water partition coefficient (Wildman–Crippen LogP) is 5.71. The van der Waals surface area contributed by atoms with Crippen molar-refractivity contribution in [1.29, 1.82) is 0 Å². The van der Waals surface area contributed by atoms with Gasteiger partial charge in [-0.1, -0.05) is 23.9 Å². The molecule has 1 heterocycles. The molecular formula is C30H28F3N3O6S. The summed E-state index contributed by atoms with van der Waals surface area (Å²) in [6.45, 7) is 0.155. The van der Waals surface area contributed by atoms with Gasteiger partial charge in [-0.2, -0.15) is 13.2 Å². The second-order valence-corrected chi connectivity index (χ2v) is 10.5. The Balaban J connectivity index is 1.58. The van der Waals surface area contributed by atoms with E-state index >= 15 is 0 Å². The third-order valence-electron chi connectivity index (χ3n) is 6.48. The molecule has 1 aliphatic heterocycles. The first kappa shape index (κ1) is 31.4. The number of rotatable bonds is 9. The van der Waals surface area contributed by atoms with E-state index in [2.05, 4.69) is 15.0 Å². The van der Waals surface area contributed by atoms with Crippen molar-refractivity contribution in [2.45, 2.75) is 24.3 Å². The van der Waals surface area contributed by atoms with Crippen LogP contribution in [0.5, 0.6) is 11.5 Å². The first-order chi connectivity index (χ1) is 20.5. The van der Waals surface area contributed by atoms with Crippen molar-refractivity contribution in [2.24, 2.45) is 4.99 Å². The Morgan fingerprint density at radius 1 is 1.00 bits per heavy atom. The summed E-state index contributed by atoms with van der Waals surface area (Å²) < 4.78 is 55.4. The Hall–Kier alpha value is -4.52. The molecule has 0 radical (unpaired) electrons. The van der Waals surface area contributed by atoms with Crippen molar-refractivity contribution in [2.75, 3.05) is 33.2 Å². The Bertz CT molecular complexity index is 1530. The number of ether oxygens (including phenoxy) is 3. The number of alkyl halides is 3. The van der Waals surface area contributed by atoms with Gasteiger partial charge in [-0.25, -0.2) is 9.79 Å². The second kappa shape index (κ2) is 13.6.